The second-order valence-electron chi connectivity index (χ2n) is 5.74. The lowest BCUT2D eigenvalue weighted by atomic mass is 9.92. The molecule has 0 aliphatic heterocycles. The molecule has 1 aromatic carbocycles. The van der Waals surface area contributed by atoms with Crippen LogP contribution in [0.2, 0.25) is 0 Å². The lowest BCUT2D eigenvalue weighted by Gasteiger charge is -2.28. The zero-order chi connectivity index (χ0) is 14.7. The Morgan fingerprint density at radius 1 is 1.05 bits per heavy atom. The predicted molar refractivity (Wildman–Crippen MR) is 87.9 cm³/mol. The summed E-state index contributed by atoms with van der Waals surface area (Å²) in [5, 5.41) is 3.22. The van der Waals surface area contributed by atoms with Gasteiger partial charge >= 0.3 is 0 Å². The van der Waals surface area contributed by atoms with Crippen LogP contribution in [0.3, 0.4) is 0 Å². The van der Waals surface area contributed by atoms with E-state index in [4.69, 9.17) is 0 Å². The molecule has 0 fully saturated rings. The molecular formula is C17H30N2. The first-order chi connectivity index (χ1) is 9.03. The Kier molecular flexibility index (Phi) is 8.98. The molecule has 0 radical (unpaired) electrons. The van der Waals surface area contributed by atoms with Gasteiger partial charge in [0.05, 0.1) is 0 Å². The van der Waals surface area contributed by atoms with Crippen molar-refractivity contribution in [3.63, 3.8) is 0 Å². The fraction of sp³-hybridized carbons (Fsp3) is 0.529. The average Bonchev–Trinajstić information content (AvgIpc) is 2.41. The van der Waals surface area contributed by atoms with Crippen LogP contribution in [0.4, 0.5) is 5.69 Å². The number of benzene rings is 1. The summed E-state index contributed by atoms with van der Waals surface area (Å²) >= 11 is 0. The van der Waals surface area contributed by atoms with E-state index in [0.717, 1.165) is 19.6 Å². The Morgan fingerprint density at radius 2 is 1.63 bits per heavy atom. The van der Waals surface area contributed by atoms with Crippen LogP contribution >= 0.6 is 0 Å². The van der Waals surface area contributed by atoms with Gasteiger partial charge in [0.2, 0.25) is 0 Å². The first-order valence-electron chi connectivity index (χ1n) is 6.97. The highest BCUT2D eigenvalue weighted by molar-refractivity contribution is 5.45. The van der Waals surface area contributed by atoms with Gasteiger partial charge in [-0.3, -0.25) is 0 Å². The summed E-state index contributed by atoms with van der Waals surface area (Å²) in [5.41, 5.74) is 1.72. The number of nitrogens with zero attached hydrogens (tertiary/aromatic N) is 1. The molecule has 2 nitrogen and oxygen atoms in total. The van der Waals surface area contributed by atoms with E-state index >= 15 is 0 Å². The molecule has 0 saturated carbocycles. The largest absolute Gasteiger partial charge is 0.370 e. The van der Waals surface area contributed by atoms with Gasteiger partial charge in [-0.2, -0.15) is 0 Å². The van der Waals surface area contributed by atoms with Gasteiger partial charge in [0.15, 0.2) is 0 Å². The highest BCUT2D eigenvalue weighted by Gasteiger charge is 2.13. The minimum Gasteiger partial charge on any atom is -0.370 e. The molecule has 0 heterocycles. The predicted octanol–water partition coefficient (Wildman–Crippen LogP) is 3.95. The molecule has 0 aliphatic carbocycles. The molecule has 0 unspecified atom stereocenters. The molecule has 0 bridgehead atoms. The van der Waals surface area contributed by atoms with Crippen molar-refractivity contribution in [1.82, 2.24) is 5.32 Å². The van der Waals surface area contributed by atoms with Gasteiger partial charge in [-0.1, -0.05) is 39.0 Å². The normalized spacial score (nSPS) is 10.5. The van der Waals surface area contributed by atoms with Crippen molar-refractivity contribution in [1.29, 1.82) is 0 Å². The molecule has 108 valence electrons. The zero-order valence-electron chi connectivity index (χ0n) is 13.1. The van der Waals surface area contributed by atoms with Gasteiger partial charge < -0.3 is 10.2 Å². The van der Waals surface area contributed by atoms with Gasteiger partial charge in [0.25, 0.3) is 0 Å². The Labute approximate surface area is 119 Å². The van der Waals surface area contributed by atoms with Gasteiger partial charge in [-0.25, -0.2) is 0 Å². The standard InChI is InChI=1S/C15H26N2.C2H4/c1-15(2,3)10-12-17(13-11-16-4)14-8-6-5-7-9-14;1-2/h5-9,16H,10-13H2,1-4H3;1-2H2. The highest BCUT2D eigenvalue weighted by Crippen LogP contribution is 2.21. The summed E-state index contributed by atoms with van der Waals surface area (Å²) < 4.78 is 0. The molecule has 0 saturated heterocycles. The summed E-state index contributed by atoms with van der Waals surface area (Å²) in [6.07, 6.45) is 1.21. The Hall–Kier alpha value is -1.28. The third-order valence-electron chi connectivity index (χ3n) is 2.88. The molecule has 1 N–H and O–H groups in total. The maximum absolute atomic E-state index is 3.22. The van der Waals surface area contributed by atoms with E-state index in [0.29, 0.717) is 5.41 Å². The molecule has 0 aromatic heterocycles. The van der Waals surface area contributed by atoms with Gasteiger partial charge in [0, 0.05) is 25.3 Å². The van der Waals surface area contributed by atoms with E-state index in [1.807, 2.05) is 7.05 Å². The number of likely N-dealkylation sites (N-methyl/N-ethyl adjacent to an activating group) is 1. The number of para-hydroxylation sites is 1. The molecule has 0 amide bonds. The summed E-state index contributed by atoms with van der Waals surface area (Å²) in [6, 6.07) is 10.7. The van der Waals surface area contributed by atoms with Crippen LogP contribution in [0.1, 0.15) is 27.2 Å². The molecule has 19 heavy (non-hydrogen) atoms. The maximum atomic E-state index is 3.22. The van der Waals surface area contributed by atoms with E-state index in [1.54, 1.807) is 0 Å². The third kappa shape index (κ3) is 8.44. The van der Waals surface area contributed by atoms with Crippen molar-refractivity contribution >= 4 is 5.69 Å². The summed E-state index contributed by atoms with van der Waals surface area (Å²) in [5.74, 6) is 0. The minimum atomic E-state index is 0.396. The van der Waals surface area contributed by atoms with Crippen LogP contribution < -0.4 is 10.2 Å². The molecule has 1 rings (SSSR count). The van der Waals surface area contributed by atoms with E-state index in [-0.39, 0.29) is 0 Å². The fourth-order valence-electron chi connectivity index (χ4n) is 1.73. The minimum absolute atomic E-state index is 0.396. The Balaban J connectivity index is 0.00000154. The van der Waals surface area contributed by atoms with Crippen LogP contribution in [0.15, 0.2) is 43.5 Å². The van der Waals surface area contributed by atoms with Crippen LogP contribution in [0, 0.1) is 5.41 Å². The lowest BCUT2D eigenvalue weighted by Crippen LogP contribution is -2.33. The van der Waals surface area contributed by atoms with Gasteiger partial charge in [0.1, 0.15) is 0 Å². The fourth-order valence-corrected chi connectivity index (χ4v) is 1.73. The van der Waals surface area contributed by atoms with Crippen LogP contribution in [0.5, 0.6) is 0 Å². The molecule has 1 aromatic rings. The summed E-state index contributed by atoms with van der Waals surface area (Å²) in [7, 11) is 2.01. The smallest absolute Gasteiger partial charge is 0.0366 e. The first-order valence-corrected chi connectivity index (χ1v) is 6.97. The van der Waals surface area contributed by atoms with Crippen LogP contribution in [-0.4, -0.2) is 26.7 Å². The quantitative estimate of drug-likeness (QED) is 0.781. The maximum Gasteiger partial charge on any atom is 0.0366 e. The zero-order valence-corrected chi connectivity index (χ0v) is 13.1. The SMILES string of the molecule is C=C.CNCCN(CCC(C)(C)C)c1ccccc1. The second-order valence-corrected chi connectivity index (χ2v) is 5.74. The van der Waals surface area contributed by atoms with Gasteiger partial charge in [-0.05, 0) is 31.0 Å². The van der Waals surface area contributed by atoms with Crippen molar-refractivity contribution in [2.45, 2.75) is 27.2 Å². The first kappa shape index (κ1) is 17.7. The molecule has 0 aliphatic rings. The second kappa shape index (κ2) is 9.62. The number of anilines is 1. The summed E-state index contributed by atoms with van der Waals surface area (Å²) in [4.78, 5) is 2.46. The van der Waals surface area contributed by atoms with E-state index < -0.39 is 0 Å². The number of hydrogen-bond acceptors (Lipinski definition) is 2. The van der Waals surface area contributed by atoms with Crippen molar-refractivity contribution in [3.8, 4) is 0 Å². The molecule has 0 atom stereocenters. The summed E-state index contributed by atoms with van der Waals surface area (Å²) in [6.45, 7) is 16.1. The highest BCUT2D eigenvalue weighted by atomic mass is 15.1. The number of hydrogen-bond donors (Lipinski definition) is 1. The Bertz CT molecular complexity index is 314. The topological polar surface area (TPSA) is 15.3 Å². The van der Waals surface area contributed by atoms with Crippen LogP contribution in [-0.2, 0) is 0 Å². The third-order valence-corrected chi connectivity index (χ3v) is 2.88. The van der Waals surface area contributed by atoms with Crippen molar-refractivity contribution in [3.05, 3.63) is 43.5 Å². The monoisotopic (exact) mass is 262 g/mol. The van der Waals surface area contributed by atoms with E-state index in [1.165, 1.54) is 12.1 Å². The van der Waals surface area contributed by atoms with E-state index in [9.17, 15) is 0 Å². The molecule has 2 heteroatoms. The number of rotatable bonds is 6. The van der Waals surface area contributed by atoms with Crippen molar-refractivity contribution in [2.24, 2.45) is 5.41 Å². The molecular weight excluding hydrogens is 232 g/mol. The molecule has 0 spiro atoms. The van der Waals surface area contributed by atoms with Gasteiger partial charge in [-0.15, -0.1) is 13.2 Å². The van der Waals surface area contributed by atoms with Crippen LogP contribution in [0.25, 0.3) is 0 Å². The lowest BCUT2D eigenvalue weighted by molar-refractivity contribution is 0.378. The van der Waals surface area contributed by atoms with Crippen molar-refractivity contribution < 1.29 is 0 Å². The Morgan fingerprint density at radius 3 is 2.11 bits per heavy atom. The average molecular weight is 262 g/mol. The van der Waals surface area contributed by atoms with Crippen molar-refractivity contribution in [2.75, 3.05) is 31.6 Å². The van der Waals surface area contributed by atoms with E-state index in [2.05, 4.69) is 74.5 Å². The number of nitrogens with one attached hydrogen (secondary N) is 1.